The summed E-state index contributed by atoms with van der Waals surface area (Å²) in [7, 11) is 3.30. The molecule has 0 amide bonds. The molecule has 0 aliphatic heterocycles. The summed E-state index contributed by atoms with van der Waals surface area (Å²) in [6, 6.07) is 13.9. The summed E-state index contributed by atoms with van der Waals surface area (Å²) in [6.07, 6.45) is 1.81. The van der Waals surface area contributed by atoms with Gasteiger partial charge >= 0.3 is 0 Å². The molecular formula is C18H17BrN2O2. The number of rotatable bonds is 5. The zero-order valence-electron chi connectivity index (χ0n) is 13.0. The second-order valence-corrected chi connectivity index (χ2v) is 5.88. The molecule has 0 saturated carbocycles. The summed E-state index contributed by atoms with van der Waals surface area (Å²) in [5.41, 5.74) is 1.04. The highest BCUT2D eigenvalue weighted by Crippen LogP contribution is 2.29. The second-order valence-electron chi connectivity index (χ2n) is 5.03. The van der Waals surface area contributed by atoms with E-state index in [4.69, 9.17) is 9.47 Å². The number of nitrogens with one attached hydrogen (secondary N) is 1. The highest BCUT2D eigenvalue weighted by Gasteiger charge is 2.08. The van der Waals surface area contributed by atoms with Gasteiger partial charge in [0, 0.05) is 39.6 Å². The number of methoxy groups -OCH3 is 2. The lowest BCUT2D eigenvalue weighted by Gasteiger charge is -2.13. The molecule has 0 fully saturated rings. The van der Waals surface area contributed by atoms with Crippen LogP contribution < -0.4 is 14.8 Å². The van der Waals surface area contributed by atoms with Crippen LogP contribution >= 0.6 is 15.9 Å². The van der Waals surface area contributed by atoms with Gasteiger partial charge in [-0.25, -0.2) is 4.98 Å². The van der Waals surface area contributed by atoms with Crippen molar-refractivity contribution >= 4 is 32.5 Å². The van der Waals surface area contributed by atoms with Crippen molar-refractivity contribution in [3.05, 3.63) is 58.7 Å². The largest absolute Gasteiger partial charge is 0.497 e. The highest BCUT2D eigenvalue weighted by atomic mass is 79.9. The molecule has 0 aliphatic rings. The van der Waals surface area contributed by atoms with Gasteiger partial charge in [-0.15, -0.1) is 0 Å². The normalized spacial score (nSPS) is 10.6. The Hall–Kier alpha value is -2.27. The first kappa shape index (κ1) is 15.6. The van der Waals surface area contributed by atoms with Crippen LogP contribution in [0.1, 0.15) is 5.56 Å². The minimum absolute atomic E-state index is 0.617. The Labute approximate surface area is 143 Å². The molecular weight excluding hydrogens is 356 g/mol. The van der Waals surface area contributed by atoms with Crippen LogP contribution in [-0.4, -0.2) is 19.2 Å². The van der Waals surface area contributed by atoms with E-state index in [9.17, 15) is 0 Å². The number of pyridine rings is 1. The predicted molar refractivity (Wildman–Crippen MR) is 96.3 cm³/mol. The molecule has 0 spiro atoms. The van der Waals surface area contributed by atoms with Crippen LogP contribution in [0.3, 0.4) is 0 Å². The van der Waals surface area contributed by atoms with Gasteiger partial charge in [0.15, 0.2) is 0 Å². The number of hydrogen-bond donors (Lipinski definition) is 1. The SMILES string of the molecule is COc1ccc(CNc2nccc3c(Br)cccc23)c(OC)c1. The van der Waals surface area contributed by atoms with E-state index in [1.807, 2.05) is 36.4 Å². The van der Waals surface area contributed by atoms with Crippen molar-refractivity contribution < 1.29 is 9.47 Å². The van der Waals surface area contributed by atoms with Crippen molar-refractivity contribution in [3.8, 4) is 11.5 Å². The van der Waals surface area contributed by atoms with E-state index in [0.29, 0.717) is 6.54 Å². The lowest BCUT2D eigenvalue weighted by Crippen LogP contribution is -2.04. The molecule has 0 aliphatic carbocycles. The van der Waals surface area contributed by atoms with Crippen LogP contribution in [0.4, 0.5) is 5.82 Å². The molecule has 5 heteroatoms. The van der Waals surface area contributed by atoms with Gasteiger partial charge in [-0.2, -0.15) is 0 Å². The smallest absolute Gasteiger partial charge is 0.134 e. The third-order valence-electron chi connectivity index (χ3n) is 3.69. The zero-order valence-corrected chi connectivity index (χ0v) is 14.6. The van der Waals surface area contributed by atoms with Crippen molar-refractivity contribution in [2.24, 2.45) is 0 Å². The van der Waals surface area contributed by atoms with E-state index in [0.717, 1.165) is 38.1 Å². The van der Waals surface area contributed by atoms with Crippen LogP contribution in [0, 0.1) is 0 Å². The van der Waals surface area contributed by atoms with E-state index >= 15 is 0 Å². The molecule has 3 rings (SSSR count). The summed E-state index contributed by atoms with van der Waals surface area (Å²) in [5.74, 6) is 2.41. The molecule has 0 atom stereocenters. The number of benzene rings is 2. The molecule has 4 nitrogen and oxygen atoms in total. The molecule has 1 heterocycles. The third-order valence-corrected chi connectivity index (χ3v) is 4.38. The monoisotopic (exact) mass is 372 g/mol. The van der Waals surface area contributed by atoms with Crippen LogP contribution in [0.15, 0.2) is 53.1 Å². The quantitative estimate of drug-likeness (QED) is 0.709. The first-order chi connectivity index (χ1) is 11.2. The minimum atomic E-state index is 0.617. The molecule has 1 N–H and O–H groups in total. The molecule has 0 bridgehead atoms. The molecule has 0 saturated heterocycles. The van der Waals surface area contributed by atoms with Gasteiger partial charge in [0.25, 0.3) is 0 Å². The van der Waals surface area contributed by atoms with Crippen molar-refractivity contribution in [2.75, 3.05) is 19.5 Å². The summed E-state index contributed by atoms with van der Waals surface area (Å²) in [6.45, 7) is 0.617. The van der Waals surface area contributed by atoms with E-state index in [-0.39, 0.29) is 0 Å². The van der Waals surface area contributed by atoms with Gasteiger partial charge in [-0.1, -0.05) is 28.1 Å². The Morgan fingerprint density at radius 3 is 2.70 bits per heavy atom. The third kappa shape index (κ3) is 3.24. The number of fused-ring (bicyclic) bond motifs is 1. The molecule has 3 aromatic rings. The van der Waals surface area contributed by atoms with E-state index in [2.05, 4.69) is 32.3 Å². The molecule has 118 valence electrons. The number of aromatic nitrogens is 1. The Morgan fingerprint density at radius 2 is 1.91 bits per heavy atom. The Balaban J connectivity index is 1.88. The molecule has 23 heavy (non-hydrogen) atoms. The predicted octanol–water partition coefficient (Wildman–Crippen LogP) is 4.63. The Bertz CT molecular complexity index is 836. The van der Waals surface area contributed by atoms with Gasteiger partial charge in [-0.3, -0.25) is 0 Å². The summed E-state index contributed by atoms with van der Waals surface area (Å²) >= 11 is 3.58. The number of nitrogens with zero attached hydrogens (tertiary/aromatic N) is 1. The summed E-state index contributed by atoms with van der Waals surface area (Å²) in [5, 5.41) is 5.60. The van der Waals surface area contributed by atoms with Gasteiger partial charge in [0.05, 0.1) is 14.2 Å². The van der Waals surface area contributed by atoms with Crippen LogP contribution in [0.25, 0.3) is 10.8 Å². The fourth-order valence-electron chi connectivity index (χ4n) is 2.49. The lowest BCUT2D eigenvalue weighted by atomic mass is 10.1. The van der Waals surface area contributed by atoms with Gasteiger partial charge in [0.2, 0.25) is 0 Å². The number of halogens is 1. The highest BCUT2D eigenvalue weighted by molar-refractivity contribution is 9.10. The van der Waals surface area contributed by atoms with Gasteiger partial charge in [0.1, 0.15) is 17.3 Å². The average molecular weight is 373 g/mol. The minimum Gasteiger partial charge on any atom is -0.497 e. The number of ether oxygens (including phenoxy) is 2. The van der Waals surface area contributed by atoms with Crippen molar-refractivity contribution in [2.45, 2.75) is 6.54 Å². The Kier molecular flexibility index (Phi) is 4.67. The topological polar surface area (TPSA) is 43.4 Å². The van der Waals surface area contributed by atoms with Crippen molar-refractivity contribution in [3.63, 3.8) is 0 Å². The van der Waals surface area contributed by atoms with Crippen molar-refractivity contribution in [1.29, 1.82) is 0 Å². The van der Waals surface area contributed by atoms with Gasteiger partial charge in [-0.05, 0) is 24.3 Å². The fraction of sp³-hybridized carbons (Fsp3) is 0.167. The standard InChI is InChI=1S/C18H17BrN2O2/c1-22-13-7-6-12(17(10-13)23-2)11-21-18-15-4-3-5-16(19)14(15)8-9-20-18/h3-10H,11H2,1-2H3,(H,20,21). The number of anilines is 1. The maximum absolute atomic E-state index is 5.43. The van der Waals surface area contributed by atoms with E-state index < -0.39 is 0 Å². The van der Waals surface area contributed by atoms with Crippen molar-refractivity contribution in [1.82, 2.24) is 4.98 Å². The summed E-state index contributed by atoms with van der Waals surface area (Å²) < 4.78 is 11.7. The molecule has 0 unspecified atom stereocenters. The average Bonchev–Trinajstić information content (AvgIpc) is 2.60. The van der Waals surface area contributed by atoms with E-state index in [1.54, 1.807) is 20.4 Å². The first-order valence-corrected chi connectivity index (χ1v) is 8.00. The van der Waals surface area contributed by atoms with Crippen LogP contribution in [0.5, 0.6) is 11.5 Å². The second kappa shape index (κ2) is 6.87. The Morgan fingerprint density at radius 1 is 1.04 bits per heavy atom. The fourth-order valence-corrected chi connectivity index (χ4v) is 2.98. The number of hydrogen-bond acceptors (Lipinski definition) is 4. The first-order valence-electron chi connectivity index (χ1n) is 7.21. The van der Waals surface area contributed by atoms with Crippen LogP contribution in [-0.2, 0) is 6.54 Å². The summed E-state index contributed by atoms with van der Waals surface area (Å²) in [4.78, 5) is 4.45. The zero-order chi connectivity index (χ0) is 16.2. The van der Waals surface area contributed by atoms with Gasteiger partial charge < -0.3 is 14.8 Å². The maximum Gasteiger partial charge on any atom is 0.134 e. The maximum atomic E-state index is 5.43. The lowest BCUT2D eigenvalue weighted by molar-refractivity contribution is 0.391. The van der Waals surface area contributed by atoms with Crippen LogP contribution in [0.2, 0.25) is 0 Å². The molecule has 1 aromatic heterocycles. The molecule has 0 radical (unpaired) electrons. The molecule has 2 aromatic carbocycles. The van der Waals surface area contributed by atoms with E-state index in [1.165, 1.54) is 0 Å².